The molecule has 1 N–H and O–H groups in total. The van der Waals surface area contributed by atoms with Gasteiger partial charge in [0.15, 0.2) is 0 Å². The number of rotatable bonds is 3. The monoisotopic (exact) mass is 336 g/mol. The second kappa shape index (κ2) is 5.24. The number of alkyl halides is 3. The van der Waals surface area contributed by atoms with E-state index in [1.165, 1.54) is 31.2 Å². The Balaban J connectivity index is 2.55. The fourth-order valence-electron chi connectivity index (χ4n) is 2.07. The van der Waals surface area contributed by atoms with Gasteiger partial charge in [-0.25, -0.2) is 0 Å². The normalized spacial score (nSPS) is 22.8. The van der Waals surface area contributed by atoms with E-state index in [-0.39, 0.29) is 21.4 Å². The first-order valence-electron chi connectivity index (χ1n) is 6.50. The highest BCUT2D eigenvalue weighted by atomic mass is 32.2. The number of hydrogen-bond donors (Lipinski definition) is 1. The summed E-state index contributed by atoms with van der Waals surface area (Å²) in [5.74, 6) is 0. The first-order chi connectivity index (χ1) is 10.0. The highest BCUT2D eigenvalue weighted by Gasteiger charge is 2.64. The van der Waals surface area contributed by atoms with Gasteiger partial charge < -0.3 is 5.11 Å². The maximum absolute atomic E-state index is 13.2. The molecule has 5 nitrogen and oxygen atoms in total. The molecule has 1 atom stereocenters. The highest BCUT2D eigenvalue weighted by Crippen LogP contribution is 2.43. The van der Waals surface area contributed by atoms with E-state index >= 15 is 0 Å². The minimum atomic E-state index is -5.16. The number of aliphatic hydroxyl groups is 1. The third kappa shape index (κ3) is 2.58. The van der Waals surface area contributed by atoms with Crippen molar-refractivity contribution in [2.24, 2.45) is 5.10 Å². The van der Waals surface area contributed by atoms with Crippen molar-refractivity contribution < 1.29 is 26.7 Å². The Hall–Kier alpha value is -1.61. The molecule has 1 aromatic rings. The minimum absolute atomic E-state index is 0.0319. The number of nitrogens with zero attached hydrogens (tertiary/aromatic N) is 2. The molecular formula is C13H15F3N2O3S. The Kier molecular flexibility index (Phi) is 3.99. The molecule has 0 bridgehead atoms. The molecule has 1 heterocycles. The Labute approximate surface area is 126 Å². The van der Waals surface area contributed by atoms with Crippen molar-refractivity contribution in [1.29, 1.82) is 0 Å². The van der Waals surface area contributed by atoms with Crippen LogP contribution in [0.3, 0.4) is 0 Å². The van der Waals surface area contributed by atoms with Crippen LogP contribution in [0.25, 0.3) is 0 Å². The molecule has 1 aliphatic rings. The smallest absolute Gasteiger partial charge is 0.361 e. The van der Waals surface area contributed by atoms with Crippen LogP contribution in [0.15, 0.2) is 34.3 Å². The van der Waals surface area contributed by atoms with Gasteiger partial charge in [0.25, 0.3) is 15.7 Å². The summed E-state index contributed by atoms with van der Waals surface area (Å²) in [5, 5.41) is 13.4. The fourth-order valence-corrected chi connectivity index (χ4v) is 3.53. The molecule has 22 heavy (non-hydrogen) atoms. The summed E-state index contributed by atoms with van der Waals surface area (Å²) in [5.41, 5.74) is -2.83. The van der Waals surface area contributed by atoms with Crippen molar-refractivity contribution in [3.05, 3.63) is 29.8 Å². The lowest BCUT2D eigenvalue weighted by atomic mass is 10.1. The van der Waals surface area contributed by atoms with Gasteiger partial charge in [0.05, 0.1) is 4.90 Å². The van der Waals surface area contributed by atoms with Crippen LogP contribution in [0.5, 0.6) is 0 Å². The summed E-state index contributed by atoms with van der Waals surface area (Å²) >= 11 is 0. The molecule has 1 aliphatic heterocycles. The average Bonchev–Trinajstić information content (AvgIpc) is 2.78. The zero-order valence-electron chi connectivity index (χ0n) is 11.9. The molecule has 0 aromatic heterocycles. The van der Waals surface area contributed by atoms with E-state index in [0.29, 0.717) is 0 Å². The maximum atomic E-state index is 13.2. The van der Waals surface area contributed by atoms with Crippen LogP contribution >= 0.6 is 0 Å². The van der Waals surface area contributed by atoms with E-state index in [1.807, 2.05) is 0 Å². The average molecular weight is 336 g/mol. The molecule has 1 aromatic carbocycles. The van der Waals surface area contributed by atoms with Gasteiger partial charge in [-0.2, -0.15) is 26.7 Å². The Morgan fingerprint density at radius 3 is 2.32 bits per heavy atom. The van der Waals surface area contributed by atoms with Gasteiger partial charge in [0.1, 0.15) is 0 Å². The topological polar surface area (TPSA) is 70.0 Å². The number of benzene rings is 1. The number of hydrazone groups is 1. The van der Waals surface area contributed by atoms with Gasteiger partial charge in [-0.05, 0) is 25.5 Å². The van der Waals surface area contributed by atoms with Gasteiger partial charge in [-0.1, -0.05) is 24.6 Å². The third-order valence-corrected chi connectivity index (χ3v) is 5.11. The third-order valence-electron chi connectivity index (χ3n) is 3.41. The van der Waals surface area contributed by atoms with Crippen molar-refractivity contribution in [2.75, 3.05) is 0 Å². The van der Waals surface area contributed by atoms with Gasteiger partial charge in [0, 0.05) is 12.1 Å². The fraction of sp³-hybridized carbons (Fsp3) is 0.462. The molecule has 122 valence electrons. The molecule has 0 amide bonds. The van der Waals surface area contributed by atoms with Crippen LogP contribution in [0.4, 0.5) is 13.2 Å². The molecule has 0 saturated heterocycles. The van der Waals surface area contributed by atoms with Crippen molar-refractivity contribution in [3.63, 3.8) is 0 Å². The van der Waals surface area contributed by atoms with Crippen molar-refractivity contribution in [1.82, 2.24) is 4.41 Å². The summed E-state index contributed by atoms with van der Waals surface area (Å²) in [4.78, 5) is -0.359. The summed E-state index contributed by atoms with van der Waals surface area (Å²) in [6, 6.07) is 5.28. The molecule has 2 rings (SSSR count). The molecule has 0 aliphatic carbocycles. The Bertz CT molecular complexity index is 698. The zero-order chi connectivity index (χ0) is 16.8. The first-order valence-corrected chi connectivity index (χ1v) is 7.94. The van der Waals surface area contributed by atoms with Crippen molar-refractivity contribution >= 4 is 15.7 Å². The predicted octanol–water partition coefficient (Wildman–Crippen LogP) is 2.41. The lowest BCUT2D eigenvalue weighted by molar-refractivity contribution is -0.291. The van der Waals surface area contributed by atoms with Crippen molar-refractivity contribution in [3.8, 4) is 0 Å². The molecular weight excluding hydrogens is 321 g/mol. The first kappa shape index (κ1) is 16.8. The van der Waals surface area contributed by atoms with E-state index in [4.69, 9.17) is 0 Å². The number of hydrogen-bond acceptors (Lipinski definition) is 4. The molecule has 9 heteroatoms. The maximum Gasteiger partial charge on any atom is 0.439 e. The van der Waals surface area contributed by atoms with Gasteiger partial charge >= 0.3 is 6.18 Å². The second-order valence-electron chi connectivity index (χ2n) is 5.07. The molecule has 0 fully saturated rings. The molecule has 0 unspecified atom stereocenters. The highest BCUT2D eigenvalue weighted by molar-refractivity contribution is 7.89. The van der Waals surface area contributed by atoms with E-state index in [0.717, 1.165) is 5.56 Å². The van der Waals surface area contributed by atoms with Crippen LogP contribution in [0.1, 0.15) is 25.3 Å². The van der Waals surface area contributed by atoms with E-state index in [1.54, 1.807) is 6.92 Å². The summed E-state index contributed by atoms with van der Waals surface area (Å²) in [6.07, 6.45) is -5.94. The van der Waals surface area contributed by atoms with E-state index in [9.17, 15) is 26.7 Å². The van der Waals surface area contributed by atoms with E-state index < -0.39 is 28.3 Å². The lowest BCUT2D eigenvalue weighted by Gasteiger charge is -2.33. The minimum Gasteiger partial charge on any atom is -0.361 e. The van der Waals surface area contributed by atoms with Crippen molar-refractivity contribution in [2.45, 2.75) is 43.5 Å². The Morgan fingerprint density at radius 2 is 1.86 bits per heavy atom. The standard InChI is InChI=1S/C13H15F3N2O3S/c1-3-10-8-12(19,13(14,15)16)18(17-10)22(20,21)11-6-4-9(2)5-7-11/h4-7,19H,3,8H2,1-2H3/t12-/m0/s1. The number of halogens is 3. The molecule has 0 spiro atoms. The lowest BCUT2D eigenvalue weighted by Crippen LogP contribution is -2.56. The van der Waals surface area contributed by atoms with Gasteiger partial charge in [0.2, 0.25) is 0 Å². The van der Waals surface area contributed by atoms with Crippen LogP contribution in [0, 0.1) is 6.92 Å². The zero-order valence-corrected chi connectivity index (χ0v) is 12.7. The number of aryl methyl sites for hydroxylation is 1. The second-order valence-corrected chi connectivity index (χ2v) is 6.84. The Morgan fingerprint density at radius 1 is 1.32 bits per heavy atom. The van der Waals surface area contributed by atoms with Crippen LogP contribution in [-0.4, -0.2) is 35.6 Å². The summed E-state index contributed by atoms with van der Waals surface area (Å²) in [7, 11) is -4.61. The van der Waals surface area contributed by atoms with Gasteiger partial charge in [-0.15, -0.1) is 4.41 Å². The largest absolute Gasteiger partial charge is 0.439 e. The van der Waals surface area contributed by atoms with Crippen LogP contribution in [0.2, 0.25) is 0 Å². The van der Waals surface area contributed by atoms with Gasteiger partial charge in [-0.3, -0.25) is 0 Å². The van der Waals surface area contributed by atoms with E-state index in [2.05, 4.69) is 5.10 Å². The molecule has 0 radical (unpaired) electrons. The SMILES string of the molecule is CCC1=NN(S(=O)(=O)c2ccc(C)cc2)[C@@](O)(C(F)(F)F)C1. The summed E-state index contributed by atoms with van der Waals surface area (Å²) < 4.78 is 64.2. The van der Waals surface area contributed by atoms with Crippen LogP contribution in [-0.2, 0) is 10.0 Å². The predicted molar refractivity (Wildman–Crippen MR) is 73.6 cm³/mol. The number of sulfonamides is 1. The van der Waals surface area contributed by atoms with Crippen LogP contribution < -0.4 is 0 Å². The molecule has 0 saturated carbocycles. The summed E-state index contributed by atoms with van der Waals surface area (Å²) in [6.45, 7) is 3.25. The quantitative estimate of drug-likeness (QED) is 0.921.